The van der Waals surface area contributed by atoms with Gasteiger partial charge < -0.3 is 4.74 Å². The smallest absolute Gasteiger partial charge is 0.0910 e. The third kappa shape index (κ3) is 3.67. The Labute approximate surface area is 92.4 Å². The Balaban J connectivity index is 2.46. The predicted octanol–water partition coefficient (Wildman–Crippen LogP) is 3.17. The van der Waals surface area contributed by atoms with Gasteiger partial charge in [0, 0.05) is 12.2 Å². The minimum absolute atomic E-state index is 0.318. The van der Waals surface area contributed by atoms with E-state index in [1.807, 2.05) is 16.9 Å². The standard InChI is InChI=1S/C12H22N2O/c1-5-10(3)14-8-7-12(13-14)9-15-11(4)6-2/h7-8,10-11H,5-6,9H2,1-4H3/t10-,11-/m0/s1. The van der Waals surface area contributed by atoms with Crippen LogP contribution in [0.1, 0.15) is 52.3 Å². The predicted molar refractivity (Wildman–Crippen MR) is 61.8 cm³/mol. The van der Waals surface area contributed by atoms with Crippen LogP contribution in [0, 0.1) is 0 Å². The number of nitrogens with zero attached hydrogens (tertiary/aromatic N) is 2. The number of hydrogen-bond donors (Lipinski definition) is 0. The molecule has 3 nitrogen and oxygen atoms in total. The van der Waals surface area contributed by atoms with Crippen LogP contribution in [-0.2, 0) is 11.3 Å². The summed E-state index contributed by atoms with van der Waals surface area (Å²) in [6, 6.07) is 2.51. The number of ether oxygens (including phenoxy) is 1. The molecule has 1 aromatic rings. The summed E-state index contributed by atoms with van der Waals surface area (Å²) in [6.07, 6.45) is 4.50. The van der Waals surface area contributed by atoms with Crippen molar-refractivity contribution in [2.24, 2.45) is 0 Å². The fourth-order valence-electron chi connectivity index (χ4n) is 1.23. The average Bonchev–Trinajstić information content (AvgIpc) is 2.73. The van der Waals surface area contributed by atoms with Gasteiger partial charge in [-0.05, 0) is 32.8 Å². The van der Waals surface area contributed by atoms with Gasteiger partial charge in [-0.15, -0.1) is 0 Å². The van der Waals surface area contributed by atoms with Crippen LogP contribution in [-0.4, -0.2) is 15.9 Å². The van der Waals surface area contributed by atoms with Crippen molar-refractivity contribution in [1.29, 1.82) is 0 Å². The second-order valence-electron chi connectivity index (χ2n) is 4.07. The van der Waals surface area contributed by atoms with Crippen LogP contribution < -0.4 is 0 Å². The highest BCUT2D eigenvalue weighted by atomic mass is 16.5. The van der Waals surface area contributed by atoms with Gasteiger partial charge in [-0.3, -0.25) is 4.68 Å². The molecule has 2 atom stereocenters. The summed E-state index contributed by atoms with van der Waals surface area (Å²) in [5.74, 6) is 0. The van der Waals surface area contributed by atoms with Crippen molar-refractivity contribution in [2.45, 2.75) is 59.3 Å². The summed E-state index contributed by atoms with van der Waals surface area (Å²) < 4.78 is 7.64. The lowest BCUT2D eigenvalue weighted by molar-refractivity contribution is 0.0485. The van der Waals surface area contributed by atoms with Crippen LogP contribution in [0.15, 0.2) is 12.3 Å². The summed E-state index contributed by atoms with van der Waals surface area (Å²) >= 11 is 0. The molecule has 86 valence electrons. The molecule has 0 spiro atoms. The molecule has 0 saturated carbocycles. The molecule has 0 bridgehead atoms. The molecule has 0 N–H and O–H groups in total. The highest BCUT2D eigenvalue weighted by Crippen LogP contribution is 2.10. The topological polar surface area (TPSA) is 27.1 Å². The monoisotopic (exact) mass is 210 g/mol. The Morgan fingerprint density at radius 1 is 1.33 bits per heavy atom. The molecule has 0 amide bonds. The van der Waals surface area contributed by atoms with Gasteiger partial charge in [0.1, 0.15) is 0 Å². The Morgan fingerprint density at radius 2 is 2.07 bits per heavy atom. The van der Waals surface area contributed by atoms with Crippen molar-refractivity contribution in [1.82, 2.24) is 9.78 Å². The van der Waals surface area contributed by atoms with Crippen LogP contribution in [0.2, 0.25) is 0 Å². The van der Waals surface area contributed by atoms with E-state index in [9.17, 15) is 0 Å². The molecule has 0 aromatic carbocycles. The van der Waals surface area contributed by atoms with Gasteiger partial charge in [-0.2, -0.15) is 5.10 Å². The molecule has 15 heavy (non-hydrogen) atoms. The lowest BCUT2D eigenvalue weighted by Gasteiger charge is -2.10. The largest absolute Gasteiger partial charge is 0.372 e. The summed E-state index contributed by atoms with van der Waals surface area (Å²) in [5.41, 5.74) is 1.02. The first-order chi connectivity index (χ1) is 7.17. The van der Waals surface area contributed by atoms with E-state index in [2.05, 4.69) is 32.8 Å². The maximum absolute atomic E-state index is 5.63. The number of aromatic nitrogens is 2. The maximum Gasteiger partial charge on any atom is 0.0910 e. The normalized spacial score (nSPS) is 15.2. The van der Waals surface area contributed by atoms with E-state index in [0.717, 1.165) is 18.5 Å². The Bertz CT molecular complexity index is 283. The molecule has 0 unspecified atom stereocenters. The molecule has 0 saturated heterocycles. The fraction of sp³-hybridized carbons (Fsp3) is 0.750. The first kappa shape index (κ1) is 12.2. The molecule has 1 heterocycles. The second-order valence-corrected chi connectivity index (χ2v) is 4.07. The highest BCUT2D eigenvalue weighted by Gasteiger charge is 2.05. The number of hydrogen-bond acceptors (Lipinski definition) is 2. The average molecular weight is 210 g/mol. The van der Waals surface area contributed by atoms with Gasteiger partial charge in [-0.1, -0.05) is 13.8 Å². The van der Waals surface area contributed by atoms with Gasteiger partial charge in [0.2, 0.25) is 0 Å². The quantitative estimate of drug-likeness (QED) is 0.721. The summed E-state index contributed by atoms with van der Waals surface area (Å²) in [4.78, 5) is 0. The van der Waals surface area contributed by atoms with Crippen molar-refractivity contribution in [3.05, 3.63) is 18.0 Å². The summed E-state index contributed by atoms with van der Waals surface area (Å²) in [7, 11) is 0. The van der Waals surface area contributed by atoms with Crippen molar-refractivity contribution in [3.63, 3.8) is 0 Å². The van der Waals surface area contributed by atoms with Crippen molar-refractivity contribution < 1.29 is 4.74 Å². The molecule has 1 aromatic heterocycles. The molecule has 3 heteroatoms. The molecule has 0 radical (unpaired) electrons. The van der Waals surface area contributed by atoms with Crippen molar-refractivity contribution >= 4 is 0 Å². The molecule has 1 rings (SSSR count). The van der Waals surface area contributed by atoms with Crippen molar-refractivity contribution in [2.75, 3.05) is 0 Å². The van der Waals surface area contributed by atoms with Crippen LogP contribution >= 0.6 is 0 Å². The Kier molecular flexibility index (Phi) is 4.82. The zero-order valence-electron chi connectivity index (χ0n) is 10.2. The molecular weight excluding hydrogens is 188 g/mol. The third-order valence-corrected chi connectivity index (χ3v) is 2.80. The van der Waals surface area contributed by atoms with E-state index in [-0.39, 0.29) is 0 Å². The van der Waals surface area contributed by atoms with E-state index in [0.29, 0.717) is 18.8 Å². The highest BCUT2D eigenvalue weighted by molar-refractivity contribution is 4.97. The zero-order valence-corrected chi connectivity index (χ0v) is 10.2. The van der Waals surface area contributed by atoms with Crippen LogP contribution in [0.4, 0.5) is 0 Å². The molecule has 0 aliphatic heterocycles. The lowest BCUT2D eigenvalue weighted by Crippen LogP contribution is -2.08. The van der Waals surface area contributed by atoms with Crippen LogP contribution in [0.5, 0.6) is 0 Å². The first-order valence-electron chi connectivity index (χ1n) is 5.83. The minimum atomic E-state index is 0.318. The number of rotatable bonds is 6. The van der Waals surface area contributed by atoms with E-state index in [4.69, 9.17) is 4.74 Å². The molecule has 0 fully saturated rings. The SMILES string of the molecule is CC[C@H](C)OCc1ccn([C@@H](C)CC)n1. The lowest BCUT2D eigenvalue weighted by atomic mass is 10.3. The second kappa shape index (κ2) is 5.91. The van der Waals surface area contributed by atoms with E-state index < -0.39 is 0 Å². The summed E-state index contributed by atoms with van der Waals surface area (Å²) in [6.45, 7) is 9.18. The van der Waals surface area contributed by atoms with E-state index in [1.54, 1.807) is 0 Å². The van der Waals surface area contributed by atoms with Crippen LogP contribution in [0.25, 0.3) is 0 Å². The third-order valence-electron chi connectivity index (χ3n) is 2.80. The molecule has 0 aliphatic carbocycles. The zero-order chi connectivity index (χ0) is 11.3. The fourth-order valence-corrected chi connectivity index (χ4v) is 1.23. The van der Waals surface area contributed by atoms with E-state index in [1.165, 1.54) is 0 Å². The van der Waals surface area contributed by atoms with Gasteiger partial charge in [0.15, 0.2) is 0 Å². The van der Waals surface area contributed by atoms with Crippen molar-refractivity contribution in [3.8, 4) is 0 Å². The van der Waals surface area contributed by atoms with Gasteiger partial charge in [0.25, 0.3) is 0 Å². The van der Waals surface area contributed by atoms with Crippen LogP contribution in [0.3, 0.4) is 0 Å². The maximum atomic E-state index is 5.63. The Morgan fingerprint density at radius 3 is 2.67 bits per heavy atom. The molecular formula is C12H22N2O. The Hall–Kier alpha value is -0.830. The van der Waals surface area contributed by atoms with Gasteiger partial charge in [0.05, 0.1) is 18.4 Å². The summed E-state index contributed by atoms with van der Waals surface area (Å²) in [5, 5.41) is 4.48. The van der Waals surface area contributed by atoms with Gasteiger partial charge in [-0.25, -0.2) is 0 Å². The minimum Gasteiger partial charge on any atom is -0.372 e. The van der Waals surface area contributed by atoms with E-state index >= 15 is 0 Å². The van der Waals surface area contributed by atoms with Gasteiger partial charge >= 0.3 is 0 Å². The first-order valence-corrected chi connectivity index (χ1v) is 5.83. The molecule has 0 aliphatic rings.